The number of piperazine rings is 1. The Balaban J connectivity index is 1.16. The smallest absolute Gasteiger partial charge is 0.245 e. The zero-order valence-corrected chi connectivity index (χ0v) is 28.5. The van der Waals surface area contributed by atoms with Crippen molar-refractivity contribution in [3.05, 3.63) is 92.9 Å². The van der Waals surface area contributed by atoms with Crippen LogP contribution in [0.4, 0.5) is 5.69 Å². The van der Waals surface area contributed by atoms with Gasteiger partial charge in [-0.05, 0) is 60.2 Å². The number of hydrogen-bond acceptors (Lipinski definition) is 5. The minimum atomic E-state index is -3.94. The normalized spacial score (nSPS) is 20.2. The van der Waals surface area contributed by atoms with Crippen molar-refractivity contribution >= 4 is 55.1 Å². The fourth-order valence-corrected chi connectivity index (χ4v) is 9.53. The van der Waals surface area contributed by atoms with E-state index >= 15 is 0 Å². The topological polar surface area (TPSA) is 81.2 Å². The standard InChI is InChI=1S/C34H38BrClN4O4S/c1-2-31(41)40-16-14-26-21-28(35)22-30(33(26)40)45(43,44)39-15-6-9-27(23-39)34(42)38-19-17-37(18-20-38)32(24-7-4-3-5-8-24)25-10-12-29(36)13-11-25/h3-5,7-8,10-13,21-22,27,32H,2,6,9,14-20,23H2,1H3. The molecule has 2 atom stereocenters. The van der Waals surface area contributed by atoms with Gasteiger partial charge in [-0.15, -0.1) is 0 Å². The summed E-state index contributed by atoms with van der Waals surface area (Å²) >= 11 is 9.67. The molecule has 2 amide bonds. The first-order chi connectivity index (χ1) is 21.7. The fourth-order valence-electron chi connectivity index (χ4n) is 6.96. The van der Waals surface area contributed by atoms with Crippen LogP contribution in [0.2, 0.25) is 5.02 Å². The van der Waals surface area contributed by atoms with Gasteiger partial charge in [-0.25, -0.2) is 8.42 Å². The Hall–Kier alpha value is -2.76. The highest BCUT2D eigenvalue weighted by atomic mass is 79.9. The third-order valence-electron chi connectivity index (χ3n) is 9.24. The van der Waals surface area contributed by atoms with Gasteiger partial charge >= 0.3 is 0 Å². The van der Waals surface area contributed by atoms with Crippen LogP contribution in [0.15, 0.2) is 76.1 Å². The molecule has 0 aromatic heterocycles. The fraction of sp³-hybridized carbons (Fsp3) is 0.412. The van der Waals surface area contributed by atoms with Crippen molar-refractivity contribution in [3.63, 3.8) is 0 Å². The van der Waals surface area contributed by atoms with Gasteiger partial charge in [-0.1, -0.05) is 76.9 Å². The second-order valence-electron chi connectivity index (χ2n) is 12.0. The highest BCUT2D eigenvalue weighted by molar-refractivity contribution is 9.10. The number of anilines is 1. The van der Waals surface area contributed by atoms with Gasteiger partial charge in [0.05, 0.1) is 17.6 Å². The summed E-state index contributed by atoms with van der Waals surface area (Å²) in [5.41, 5.74) is 3.67. The summed E-state index contributed by atoms with van der Waals surface area (Å²) in [6, 6.07) is 21.9. The average Bonchev–Trinajstić information content (AvgIpc) is 3.49. The molecule has 6 rings (SSSR count). The first-order valence-corrected chi connectivity index (χ1v) is 18.2. The largest absolute Gasteiger partial charge is 0.340 e. The molecule has 3 aliphatic heterocycles. The Kier molecular flexibility index (Phi) is 9.68. The number of piperidine rings is 1. The van der Waals surface area contributed by atoms with Crippen LogP contribution in [-0.2, 0) is 26.0 Å². The lowest BCUT2D eigenvalue weighted by molar-refractivity contribution is -0.138. The number of carbonyl (C=O) groups is 2. The molecule has 3 heterocycles. The summed E-state index contributed by atoms with van der Waals surface area (Å²) in [6.07, 6.45) is 2.17. The third-order valence-corrected chi connectivity index (χ3v) is 11.8. The van der Waals surface area contributed by atoms with Crippen molar-refractivity contribution in [2.45, 2.75) is 43.5 Å². The third kappa shape index (κ3) is 6.58. The van der Waals surface area contributed by atoms with E-state index in [0.29, 0.717) is 80.1 Å². The molecule has 2 fully saturated rings. The number of benzene rings is 3. The predicted molar refractivity (Wildman–Crippen MR) is 180 cm³/mol. The molecule has 45 heavy (non-hydrogen) atoms. The SMILES string of the molecule is CCC(=O)N1CCc2cc(Br)cc(S(=O)(=O)N3CCCC(C(=O)N4CCN(C(c5ccccc5)c5ccc(Cl)cc5)CC4)C3)c21. The second-order valence-corrected chi connectivity index (χ2v) is 15.2. The van der Waals surface area contributed by atoms with Gasteiger partial charge in [-0.2, -0.15) is 4.31 Å². The number of carbonyl (C=O) groups excluding carboxylic acids is 2. The van der Waals surface area contributed by atoms with E-state index in [-0.39, 0.29) is 29.3 Å². The number of rotatable bonds is 7. The van der Waals surface area contributed by atoms with Gasteiger partial charge < -0.3 is 9.80 Å². The summed E-state index contributed by atoms with van der Waals surface area (Å²) in [7, 11) is -3.94. The number of halogens is 2. The van der Waals surface area contributed by atoms with Crippen molar-refractivity contribution in [2.24, 2.45) is 5.92 Å². The van der Waals surface area contributed by atoms with E-state index < -0.39 is 15.9 Å². The van der Waals surface area contributed by atoms with E-state index in [4.69, 9.17) is 11.6 Å². The van der Waals surface area contributed by atoms with Crippen LogP contribution in [0, 0.1) is 5.92 Å². The van der Waals surface area contributed by atoms with E-state index in [1.54, 1.807) is 17.9 Å². The van der Waals surface area contributed by atoms with Crippen LogP contribution in [-0.4, -0.2) is 80.2 Å². The van der Waals surface area contributed by atoms with Gasteiger partial charge in [0.2, 0.25) is 21.8 Å². The Morgan fingerprint density at radius 2 is 1.62 bits per heavy atom. The molecular formula is C34H38BrClN4O4S. The Morgan fingerprint density at radius 1 is 0.933 bits per heavy atom. The minimum absolute atomic E-state index is 0.0135. The predicted octanol–water partition coefficient (Wildman–Crippen LogP) is 5.74. The first kappa shape index (κ1) is 32.2. The summed E-state index contributed by atoms with van der Waals surface area (Å²) in [4.78, 5) is 32.6. The molecule has 3 aromatic carbocycles. The summed E-state index contributed by atoms with van der Waals surface area (Å²) in [5, 5.41) is 0.695. The molecule has 0 spiro atoms. The average molecular weight is 714 g/mol. The number of sulfonamides is 1. The molecule has 3 aliphatic rings. The maximum Gasteiger partial charge on any atom is 0.245 e. The van der Waals surface area contributed by atoms with Crippen LogP contribution in [0.1, 0.15) is 48.9 Å². The van der Waals surface area contributed by atoms with Crippen molar-refractivity contribution in [3.8, 4) is 0 Å². The van der Waals surface area contributed by atoms with Gasteiger partial charge in [-0.3, -0.25) is 14.5 Å². The van der Waals surface area contributed by atoms with Crippen LogP contribution < -0.4 is 4.90 Å². The molecule has 0 bridgehead atoms. The van der Waals surface area contributed by atoms with Crippen LogP contribution in [0.5, 0.6) is 0 Å². The molecule has 2 saturated heterocycles. The molecule has 0 radical (unpaired) electrons. The van der Waals surface area contributed by atoms with Crippen LogP contribution in [0.3, 0.4) is 0 Å². The van der Waals surface area contributed by atoms with Crippen LogP contribution in [0.25, 0.3) is 0 Å². The molecule has 0 aliphatic carbocycles. The van der Waals surface area contributed by atoms with Crippen molar-refractivity contribution in [2.75, 3.05) is 50.7 Å². The van der Waals surface area contributed by atoms with Gasteiger partial charge in [0.25, 0.3) is 0 Å². The van der Waals surface area contributed by atoms with Gasteiger partial charge in [0.15, 0.2) is 0 Å². The molecular weight excluding hydrogens is 676 g/mol. The Morgan fingerprint density at radius 3 is 2.31 bits per heavy atom. The van der Waals surface area contributed by atoms with E-state index in [0.717, 1.165) is 11.1 Å². The number of amides is 2. The van der Waals surface area contributed by atoms with Gasteiger partial charge in [0.1, 0.15) is 4.90 Å². The highest BCUT2D eigenvalue weighted by Gasteiger charge is 2.40. The van der Waals surface area contributed by atoms with E-state index in [1.165, 1.54) is 9.87 Å². The second kappa shape index (κ2) is 13.5. The Bertz CT molecular complexity index is 1660. The number of nitrogens with zero attached hydrogens (tertiary/aromatic N) is 4. The lowest BCUT2D eigenvalue weighted by Gasteiger charge is -2.41. The summed E-state index contributed by atoms with van der Waals surface area (Å²) in [5.74, 6) is -0.488. The molecule has 11 heteroatoms. The molecule has 2 unspecified atom stereocenters. The number of hydrogen-bond donors (Lipinski definition) is 0. The zero-order valence-electron chi connectivity index (χ0n) is 25.4. The zero-order chi connectivity index (χ0) is 31.7. The lowest BCUT2D eigenvalue weighted by atomic mass is 9.95. The molecule has 3 aromatic rings. The lowest BCUT2D eigenvalue weighted by Crippen LogP contribution is -2.53. The molecule has 8 nitrogen and oxygen atoms in total. The monoisotopic (exact) mass is 712 g/mol. The van der Waals surface area contributed by atoms with E-state index in [1.807, 2.05) is 41.3 Å². The molecule has 0 saturated carbocycles. The first-order valence-electron chi connectivity index (χ1n) is 15.6. The maximum absolute atomic E-state index is 14.1. The molecule has 238 valence electrons. The van der Waals surface area contributed by atoms with Gasteiger partial charge in [0, 0.05) is 61.7 Å². The van der Waals surface area contributed by atoms with Crippen LogP contribution >= 0.6 is 27.5 Å². The minimum Gasteiger partial charge on any atom is -0.340 e. The maximum atomic E-state index is 14.1. The quantitative estimate of drug-likeness (QED) is 0.312. The van der Waals surface area contributed by atoms with E-state index in [2.05, 4.69) is 45.1 Å². The van der Waals surface area contributed by atoms with Crippen molar-refractivity contribution < 1.29 is 18.0 Å². The Labute approximate surface area is 279 Å². The number of fused-ring (bicyclic) bond motifs is 1. The molecule has 0 N–H and O–H groups in total. The summed E-state index contributed by atoms with van der Waals surface area (Å²) in [6.45, 7) is 5.30. The van der Waals surface area contributed by atoms with Crippen molar-refractivity contribution in [1.29, 1.82) is 0 Å². The van der Waals surface area contributed by atoms with E-state index in [9.17, 15) is 18.0 Å². The summed E-state index contributed by atoms with van der Waals surface area (Å²) < 4.78 is 30.4. The highest BCUT2D eigenvalue weighted by Crippen LogP contribution is 2.40. The van der Waals surface area contributed by atoms with Crippen molar-refractivity contribution in [1.82, 2.24) is 14.1 Å².